The molecule has 0 saturated carbocycles. The Morgan fingerprint density at radius 3 is 1.67 bits per heavy atom. The number of hydrogen-bond acceptors (Lipinski definition) is 9. The van der Waals surface area contributed by atoms with Gasteiger partial charge in [0.2, 0.25) is 0 Å². The number of hydrogen-bond donors (Lipinski definition) is 3. The summed E-state index contributed by atoms with van der Waals surface area (Å²) >= 11 is 0. The van der Waals surface area contributed by atoms with E-state index in [-0.39, 0.29) is 12.0 Å². The van der Waals surface area contributed by atoms with E-state index in [0.717, 1.165) is 12.2 Å². The molecule has 0 unspecified atom stereocenters. The lowest BCUT2D eigenvalue weighted by Gasteiger charge is -2.30. The molecule has 0 spiro atoms. The molecule has 0 bridgehead atoms. The summed E-state index contributed by atoms with van der Waals surface area (Å²) in [7, 11) is 0. The van der Waals surface area contributed by atoms with E-state index in [0.29, 0.717) is 0 Å². The lowest BCUT2D eigenvalue weighted by Crippen LogP contribution is -2.44. The van der Waals surface area contributed by atoms with Crippen LogP contribution in [0.5, 0.6) is 0 Å². The van der Waals surface area contributed by atoms with Crippen LogP contribution in [0.2, 0.25) is 0 Å². The molecule has 0 aromatic rings. The largest absolute Gasteiger partial charge is 0.423 e. The zero-order valence-corrected chi connectivity index (χ0v) is 13.2. The van der Waals surface area contributed by atoms with Crippen molar-refractivity contribution >= 4 is 17.9 Å². The van der Waals surface area contributed by atoms with Gasteiger partial charge in [-0.3, -0.25) is 0 Å². The van der Waals surface area contributed by atoms with Gasteiger partial charge in [0, 0.05) is 12.2 Å². The van der Waals surface area contributed by atoms with Crippen LogP contribution in [-0.2, 0) is 28.6 Å². The highest BCUT2D eigenvalue weighted by molar-refractivity contribution is 5.90. The minimum Gasteiger partial charge on any atom is -0.392 e. The number of ether oxygens (including phenoxy) is 3. The molecule has 9 heteroatoms. The van der Waals surface area contributed by atoms with Crippen molar-refractivity contribution in [2.75, 3.05) is 19.8 Å². The van der Waals surface area contributed by atoms with Crippen molar-refractivity contribution in [3.05, 3.63) is 36.5 Å². The van der Waals surface area contributed by atoms with E-state index in [4.69, 9.17) is 24.4 Å². The van der Waals surface area contributed by atoms with E-state index >= 15 is 0 Å². The molecule has 0 aromatic heterocycles. The third kappa shape index (κ3) is 5.95. The van der Waals surface area contributed by atoms with Gasteiger partial charge in [-0.05, 0) is 5.57 Å². The number of carbonyl (C=O) groups excluding carboxylic acids is 3. The molecule has 3 N–H and O–H groups in total. The van der Waals surface area contributed by atoms with Crippen molar-refractivity contribution in [2.45, 2.75) is 19.3 Å². The summed E-state index contributed by atoms with van der Waals surface area (Å²) in [6.07, 6.45) is 1.23. The average molecular weight is 344 g/mol. The molecule has 0 aromatic carbocycles. The second-order valence-corrected chi connectivity index (χ2v) is 4.23. The minimum absolute atomic E-state index is 0.211. The molecular formula is C15H20O9. The second-order valence-electron chi connectivity index (χ2n) is 4.23. The van der Waals surface area contributed by atoms with Gasteiger partial charge in [0.05, 0.1) is 31.8 Å². The smallest absolute Gasteiger partial charge is 0.392 e. The lowest BCUT2D eigenvalue weighted by atomic mass is 10.1. The Labute approximate surface area is 138 Å². The van der Waals surface area contributed by atoms with Crippen LogP contribution >= 0.6 is 0 Å². The predicted octanol–water partition coefficient (Wildman–Crippen LogP) is -0.675. The lowest BCUT2D eigenvalue weighted by molar-refractivity contribution is -0.325. The number of carbonyl (C=O) groups is 3. The van der Waals surface area contributed by atoms with E-state index in [1.165, 1.54) is 6.92 Å². The summed E-state index contributed by atoms with van der Waals surface area (Å²) in [6, 6.07) is 0. The first-order valence-electron chi connectivity index (χ1n) is 6.80. The molecule has 0 rings (SSSR count). The van der Waals surface area contributed by atoms with Crippen molar-refractivity contribution in [3.8, 4) is 0 Å². The fourth-order valence-corrected chi connectivity index (χ4v) is 1.43. The highest BCUT2D eigenvalue weighted by Crippen LogP contribution is 2.23. The Kier molecular flexibility index (Phi) is 9.25. The van der Waals surface area contributed by atoms with Crippen LogP contribution in [0, 0.1) is 0 Å². The van der Waals surface area contributed by atoms with Gasteiger partial charge in [0.25, 0.3) is 0 Å². The first kappa shape index (κ1) is 21.5. The molecule has 0 saturated heterocycles. The maximum atomic E-state index is 12.2. The molecule has 0 radical (unpaired) electrons. The van der Waals surface area contributed by atoms with Crippen LogP contribution < -0.4 is 0 Å². The van der Waals surface area contributed by atoms with Crippen molar-refractivity contribution in [2.24, 2.45) is 0 Å². The Morgan fingerprint density at radius 2 is 1.38 bits per heavy atom. The van der Waals surface area contributed by atoms with Crippen LogP contribution in [0.15, 0.2) is 36.5 Å². The van der Waals surface area contributed by atoms with Crippen LogP contribution in [0.25, 0.3) is 0 Å². The maximum Gasteiger partial charge on any atom is 0.423 e. The summed E-state index contributed by atoms with van der Waals surface area (Å²) in [5.74, 6) is -5.77. The standard InChI is InChI=1S/C15H20O9/c1-4-12(19)22-15(6-3,23-13(20)5-2)24-14(21)11(9-18)10(7-16)8-17/h4-5,16-18H,1-2,6-9H2,3H3. The molecule has 9 nitrogen and oxygen atoms in total. The van der Waals surface area contributed by atoms with E-state index in [2.05, 4.69) is 13.2 Å². The molecule has 0 fully saturated rings. The van der Waals surface area contributed by atoms with Crippen molar-refractivity contribution in [1.29, 1.82) is 0 Å². The normalized spacial score (nSPS) is 10.3. The van der Waals surface area contributed by atoms with E-state index in [1.54, 1.807) is 0 Å². The quantitative estimate of drug-likeness (QED) is 0.267. The number of aliphatic hydroxyl groups is 3. The fraction of sp³-hybridized carbons (Fsp3) is 0.400. The maximum absolute atomic E-state index is 12.2. The van der Waals surface area contributed by atoms with Gasteiger partial charge in [0.15, 0.2) is 0 Å². The average Bonchev–Trinajstić information content (AvgIpc) is 2.58. The Hall–Kier alpha value is -2.49. The predicted molar refractivity (Wildman–Crippen MR) is 80.0 cm³/mol. The Morgan fingerprint density at radius 1 is 0.917 bits per heavy atom. The molecule has 0 heterocycles. The first-order chi connectivity index (χ1) is 11.3. The monoisotopic (exact) mass is 344 g/mol. The van der Waals surface area contributed by atoms with E-state index in [1.807, 2.05) is 0 Å². The van der Waals surface area contributed by atoms with E-state index in [9.17, 15) is 19.5 Å². The van der Waals surface area contributed by atoms with Crippen LogP contribution in [0.1, 0.15) is 13.3 Å². The number of aliphatic hydroxyl groups excluding tert-OH is 3. The van der Waals surface area contributed by atoms with E-state index < -0.39 is 49.3 Å². The Balaban J connectivity index is 5.72. The van der Waals surface area contributed by atoms with Crippen LogP contribution in [0.4, 0.5) is 0 Å². The topological polar surface area (TPSA) is 140 Å². The first-order valence-corrected chi connectivity index (χ1v) is 6.80. The molecule has 0 aliphatic rings. The summed E-state index contributed by atoms with van der Waals surface area (Å²) in [5.41, 5.74) is -0.681. The zero-order chi connectivity index (χ0) is 18.8. The van der Waals surface area contributed by atoms with Crippen LogP contribution in [-0.4, -0.2) is 59.0 Å². The molecule has 0 amide bonds. The summed E-state index contributed by atoms with van der Waals surface area (Å²) < 4.78 is 14.5. The number of esters is 3. The van der Waals surface area contributed by atoms with Crippen LogP contribution in [0.3, 0.4) is 0 Å². The fourth-order valence-electron chi connectivity index (χ4n) is 1.43. The van der Waals surface area contributed by atoms with Gasteiger partial charge < -0.3 is 29.5 Å². The molecular weight excluding hydrogens is 324 g/mol. The highest BCUT2D eigenvalue weighted by Gasteiger charge is 2.42. The molecule has 24 heavy (non-hydrogen) atoms. The van der Waals surface area contributed by atoms with Gasteiger partial charge >= 0.3 is 23.9 Å². The summed E-state index contributed by atoms with van der Waals surface area (Å²) in [4.78, 5) is 35.0. The van der Waals surface area contributed by atoms with Gasteiger partial charge in [0.1, 0.15) is 0 Å². The van der Waals surface area contributed by atoms with Crippen molar-refractivity contribution < 1.29 is 43.9 Å². The van der Waals surface area contributed by atoms with Gasteiger partial charge in [-0.25, -0.2) is 14.4 Å². The molecule has 0 atom stereocenters. The molecule has 134 valence electrons. The molecule has 0 aliphatic carbocycles. The summed E-state index contributed by atoms with van der Waals surface area (Å²) in [6.45, 7) is 5.41. The van der Waals surface area contributed by atoms with Gasteiger partial charge in [-0.1, -0.05) is 20.1 Å². The van der Waals surface area contributed by atoms with Gasteiger partial charge in [-0.2, -0.15) is 0 Å². The highest BCUT2D eigenvalue weighted by atomic mass is 16.9. The molecule has 0 aliphatic heterocycles. The van der Waals surface area contributed by atoms with Crippen molar-refractivity contribution in [1.82, 2.24) is 0 Å². The third-order valence-electron chi connectivity index (χ3n) is 2.74. The van der Waals surface area contributed by atoms with Gasteiger partial charge in [-0.15, -0.1) is 0 Å². The summed E-state index contributed by atoms with van der Waals surface area (Å²) in [5, 5.41) is 27.4. The second kappa shape index (κ2) is 10.3. The Bertz CT molecular complexity index is 505. The minimum atomic E-state index is -2.43. The van der Waals surface area contributed by atoms with Crippen molar-refractivity contribution in [3.63, 3.8) is 0 Å². The number of rotatable bonds is 10. The third-order valence-corrected chi connectivity index (χ3v) is 2.74. The SMILES string of the molecule is C=CC(=O)OC(CC)(OC(=O)C=C)OC(=O)C(CO)=C(CO)CO. The zero-order valence-electron chi connectivity index (χ0n) is 13.2.